The first kappa shape index (κ1) is 22.5. The van der Waals surface area contributed by atoms with Gasteiger partial charge >= 0.3 is 12.1 Å². The number of thiazole rings is 1. The number of hydrogen-bond acceptors (Lipinski definition) is 7. The molecule has 0 spiro atoms. The fraction of sp³-hybridized carbons (Fsp3) is 0.130. The number of nitrogens with one attached hydrogen (secondary N) is 1. The smallest absolute Gasteiger partial charge is 0.412 e. The van der Waals surface area contributed by atoms with Gasteiger partial charge in [-0.1, -0.05) is 59.2 Å². The number of amides is 1. The first-order valence-electron chi connectivity index (χ1n) is 9.81. The van der Waals surface area contributed by atoms with Crippen LogP contribution in [0.4, 0.5) is 10.5 Å². The molecule has 2 N–H and O–H groups in total. The molecule has 1 atom stereocenters. The molecular weight excluding hydrogens is 466 g/mol. The van der Waals surface area contributed by atoms with Gasteiger partial charge in [0.15, 0.2) is 5.76 Å². The molecule has 8 nitrogen and oxygen atoms in total. The zero-order valence-electron chi connectivity index (χ0n) is 17.5. The lowest BCUT2D eigenvalue weighted by atomic mass is 10.1. The maximum absolute atomic E-state index is 12.5. The number of carbonyl (C=O) groups excluding carboxylic acids is 1. The van der Waals surface area contributed by atoms with Crippen LogP contribution in [-0.4, -0.2) is 27.3 Å². The number of halogens is 1. The Labute approximate surface area is 197 Å². The van der Waals surface area contributed by atoms with Crippen molar-refractivity contribution in [3.8, 4) is 21.9 Å². The number of aromatic nitrogens is 2. The number of aryl methyl sites for hydroxylation is 1. The summed E-state index contributed by atoms with van der Waals surface area (Å²) < 4.78 is 10.9. The number of carbonyl (C=O) groups is 2. The summed E-state index contributed by atoms with van der Waals surface area (Å²) in [5.74, 6) is -0.647. The molecular formula is C23H18ClN3O5S. The third-order valence-electron chi connectivity index (χ3n) is 4.83. The Morgan fingerprint density at radius 3 is 2.52 bits per heavy atom. The van der Waals surface area contributed by atoms with Gasteiger partial charge in [0, 0.05) is 21.7 Å². The lowest BCUT2D eigenvalue weighted by Gasteiger charge is -2.15. The maximum atomic E-state index is 12.5. The molecule has 0 saturated heterocycles. The number of benzene rings is 2. The summed E-state index contributed by atoms with van der Waals surface area (Å²) in [6.45, 7) is 3.44. The van der Waals surface area contributed by atoms with Gasteiger partial charge in [0.1, 0.15) is 27.4 Å². The van der Waals surface area contributed by atoms with Gasteiger partial charge in [-0.05, 0) is 19.9 Å². The highest BCUT2D eigenvalue weighted by atomic mass is 35.5. The zero-order valence-corrected chi connectivity index (χ0v) is 19.1. The Balaban J connectivity index is 1.51. The van der Waals surface area contributed by atoms with E-state index < -0.39 is 18.2 Å². The fourth-order valence-corrected chi connectivity index (χ4v) is 4.19. The number of rotatable bonds is 6. The van der Waals surface area contributed by atoms with Crippen LogP contribution in [0.5, 0.6) is 0 Å². The van der Waals surface area contributed by atoms with E-state index in [1.807, 2.05) is 6.07 Å². The first-order valence-corrected chi connectivity index (χ1v) is 11.0. The number of aromatic carboxylic acids is 1. The van der Waals surface area contributed by atoms with E-state index in [-0.39, 0.29) is 4.88 Å². The van der Waals surface area contributed by atoms with Gasteiger partial charge in [-0.3, -0.25) is 5.32 Å². The van der Waals surface area contributed by atoms with Crippen molar-refractivity contribution in [2.75, 3.05) is 5.32 Å². The molecule has 1 unspecified atom stereocenters. The van der Waals surface area contributed by atoms with Crippen LogP contribution in [0.1, 0.15) is 34.0 Å². The van der Waals surface area contributed by atoms with Crippen LogP contribution >= 0.6 is 22.9 Å². The number of nitrogens with zero attached hydrogens (tertiary/aromatic N) is 2. The predicted octanol–water partition coefficient (Wildman–Crippen LogP) is 6.43. The molecule has 0 fully saturated rings. The van der Waals surface area contributed by atoms with Gasteiger partial charge in [0.05, 0.1) is 6.20 Å². The van der Waals surface area contributed by atoms with E-state index in [4.69, 9.17) is 26.0 Å². The topological polar surface area (TPSA) is 115 Å². The zero-order chi connectivity index (χ0) is 23.5. The van der Waals surface area contributed by atoms with E-state index in [0.717, 1.165) is 16.9 Å². The summed E-state index contributed by atoms with van der Waals surface area (Å²) in [5.41, 5.74) is 3.00. The van der Waals surface area contributed by atoms with E-state index in [0.29, 0.717) is 38.3 Å². The Bertz CT molecular complexity index is 1320. The standard InChI is InChI=1S/C23H18ClN3O5S/c1-12-19(26-23(30)31-13(2)16-5-3-4-6-17(16)24)20(32-27-12)14-7-9-15(10-8-14)21-25-11-18(33-21)22(28)29/h3-11,13H,1-2H3,(H,26,30)(H,28,29). The van der Waals surface area contributed by atoms with Crippen LogP contribution < -0.4 is 5.32 Å². The molecule has 2 aromatic carbocycles. The molecule has 0 saturated carbocycles. The second kappa shape index (κ2) is 9.43. The molecule has 0 aliphatic rings. The summed E-state index contributed by atoms with van der Waals surface area (Å²) in [5, 5.41) is 16.8. The number of ether oxygens (including phenoxy) is 1. The van der Waals surface area contributed by atoms with E-state index in [1.165, 1.54) is 6.20 Å². The number of hydrogen-bond donors (Lipinski definition) is 2. The Morgan fingerprint density at radius 2 is 1.85 bits per heavy atom. The average molecular weight is 484 g/mol. The molecule has 2 aromatic heterocycles. The minimum atomic E-state index is -1.01. The summed E-state index contributed by atoms with van der Waals surface area (Å²) in [6.07, 6.45) is 0.0963. The highest BCUT2D eigenvalue weighted by Crippen LogP contribution is 2.34. The van der Waals surface area contributed by atoms with Gasteiger partial charge in [-0.2, -0.15) is 0 Å². The normalized spacial score (nSPS) is 11.7. The van der Waals surface area contributed by atoms with Crippen LogP contribution in [-0.2, 0) is 4.74 Å². The van der Waals surface area contributed by atoms with Crippen molar-refractivity contribution in [1.29, 1.82) is 0 Å². The van der Waals surface area contributed by atoms with Crippen molar-refractivity contribution >= 4 is 40.7 Å². The third kappa shape index (κ3) is 4.89. The fourth-order valence-electron chi connectivity index (χ4n) is 3.14. The third-order valence-corrected chi connectivity index (χ3v) is 6.21. The average Bonchev–Trinajstić information content (AvgIpc) is 3.42. The van der Waals surface area contributed by atoms with Crippen molar-refractivity contribution in [2.24, 2.45) is 0 Å². The van der Waals surface area contributed by atoms with Crippen LogP contribution in [0, 0.1) is 6.92 Å². The predicted molar refractivity (Wildman–Crippen MR) is 125 cm³/mol. The van der Waals surface area contributed by atoms with Gasteiger partial charge < -0.3 is 14.4 Å². The summed E-state index contributed by atoms with van der Waals surface area (Å²) in [6, 6.07) is 14.3. The molecule has 0 aliphatic heterocycles. The molecule has 0 bridgehead atoms. The molecule has 10 heteroatoms. The van der Waals surface area contributed by atoms with Gasteiger partial charge in [-0.15, -0.1) is 11.3 Å². The Hall–Kier alpha value is -3.69. The molecule has 4 aromatic rings. The van der Waals surface area contributed by atoms with Gasteiger partial charge in [0.2, 0.25) is 0 Å². The molecule has 0 aliphatic carbocycles. The van der Waals surface area contributed by atoms with Crippen molar-refractivity contribution in [3.05, 3.63) is 75.9 Å². The molecule has 1 amide bonds. The monoisotopic (exact) mass is 483 g/mol. The number of carboxylic acid groups (broad SMARTS) is 1. The van der Waals surface area contributed by atoms with E-state index in [1.54, 1.807) is 56.3 Å². The van der Waals surface area contributed by atoms with Crippen LogP contribution in [0.3, 0.4) is 0 Å². The van der Waals surface area contributed by atoms with Crippen molar-refractivity contribution in [2.45, 2.75) is 20.0 Å². The van der Waals surface area contributed by atoms with Crippen molar-refractivity contribution in [1.82, 2.24) is 10.1 Å². The second-order valence-corrected chi connectivity index (χ2v) is 8.52. The summed E-state index contributed by atoms with van der Waals surface area (Å²) >= 11 is 7.27. The quantitative estimate of drug-likeness (QED) is 0.324. The SMILES string of the molecule is Cc1noc(-c2ccc(-c3ncc(C(=O)O)s3)cc2)c1NC(=O)OC(C)c1ccccc1Cl. The van der Waals surface area contributed by atoms with Crippen molar-refractivity contribution in [3.63, 3.8) is 0 Å². The lowest BCUT2D eigenvalue weighted by Crippen LogP contribution is -2.17. The molecule has 4 rings (SSSR count). The van der Waals surface area contributed by atoms with Crippen molar-refractivity contribution < 1.29 is 24.0 Å². The summed E-state index contributed by atoms with van der Waals surface area (Å²) in [4.78, 5) is 27.9. The second-order valence-electron chi connectivity index (χ2n) is 7.08. The van der Waals surface area contributed by atoms with E-state index >= 15 is 0 Å². The molecule has 2 heterocycles. The maximum Gasteiger partial charge on any atom is 0.412 e. The van der Waals surface area contributed by atoms with E-state index in [9.17, 15) is 9.59 Å². The molecule has 168 valence electrons. The van der Waals surface area contributed by atoms with Crippen LogP contribution in [0.15, 0.2) is 59.3 Å². The highest BCUT2D eigenvalue weighted by molar-refractivity contribution is 7.16. The van der Waals surface area contributed by atoms with Gasteiger partial charge in [-0.25, -0.2) is 14.6 Å². The minimum Gasteiger partial charge on any atom is -0.477 e. The Kier molecular flexibility index (Phi) is 6.43. The largest absolute Gasteiger partial charge is 0.477 e. The number of carboxylic acids is 1. The summed E-state index contributed by atoms with van der Waals surface area (Å²) in [7, 11) is 0. The van der Waals surface area contributed by atoms with Crippen LogP contribution in [0.25, 0.3) is 21.9 Å². The first-order chi connectivity index (χ1) is 15.8. The van der Waals surface area contributed by atoms with Crippen LogP contribution in [0.2, 0.25) is 5.02 Å². The molecule has 33 heavy (non-hydrogen) atoms. The lowest BCUT2D eigenvalue weighted by molar-refractivity contribution is 0.0701. The Morgan fingerprint density at radius 1 is 1.15 bits per heavy atom. The number of anilines is 1. The minimum absolute atomic E-state index is 0.163. The van der Waals surface area contributed by atoms with Gasteiger partial charge in [0.25, 0.3) is 0 Å². The van der Waals surface area contributed by atoms with E-state index in [2.05, 4.69) is 15.5 Å². The molecule has 0 radical (unpaired) electrons. The highest BCUT2D eigenvalue weighted by Gasteiger charge is 2.21.